The van der Waals surface area contributed by atoms with E-state index in [1.165, 1.54) is 19.1 Å². The molecule has 3 aromatic rings. The second kappa shape index (κ2) is 6.17. The van der Waals surface area contributed by atoms with E-state index in [-0.39, 0.29) is 12.4 Å². The predicted octanol–water partition coefficient (Wildman–Crippen LogP) is 3.66. The summed E-state index contributed by atoms with van der Waals surface area (Å²) in [5, 5.41) is 10.9. The molecule has 0 radical (unpaired) electrons. The molecule has 0 aliphatic heterocycles. The van der Waals surface area contributed by atoms with Gasteiger partial charge in [0.05, 0.1) is 17.5 Å². The molecule has 3 rings (SSSR count). The van der Waals surface area contributed by atoms with Crippen molar-refractivity contribution in [3.8, 4) is 0 Å². The Bertz CT molecular complexity index is 795. The zero-order valence-corrected chi connectivity index (χ0v) is 12.6. The van der Waals surface area contributed by atoms with Crippen molar-refractivity contribution in [3.05, 3.63) is 48.4 Å². The molecule has 0 atom stereocenters. The molecule has 0 saturated carbocycles. The van der Waals surface area contributed by atoms with Crippen LogP contribution in [0.25, 0.3) is 10.9 Å². The van der Waals surface area contributed by atoms with Crippen molar-refractivity contribution in [1.29, 1.82) is 0 Å². The third kappa shape index (κ3) is 2.68. The first-order valence-electron chi connectivity index (χ1n) is 6.51. The molecule has 2 aromatic heterocycles. The van der Waals surface area contributed by atoms with Gasteiger partial charge in [0.25, 0.3) is 0 Å². The average Bonchev–Trinajstić information content (AvgIpc) is 3.13. The number of hydrogen-bond donors (Lipinski definition) is 2. The summed E-state index contributed by atoms with van der Waals surface area (Å²) in [6.07, 6.45) is 1.60. The number of nitrogens with zero attached hydrogens (tertiary/aromatic N) is 1. The van der Waals surface area contributed by atoms with Crippen molar-refractivity contribution >= 4 is 34.5 Å². The Balaban J connectivity index is 2.03. The molecule has 0 saturated heterocycles. The number of benzene rings is 1. The number of carboxylic acid groups (broad SMARTS) is 1. The first-order valence-corrected chi connectivity index (χ1v) is 7.33. The Kier molecular flexibility index (Phi) is 4.08. The summed E-state index contributed by atoms with van der Waals surface area (Å²) in [6, 6.07) is 10.9. The van der Waals surface area contributed by atoms with Crippen LogP contribution < -0.4 is 4.72 Å². The third-order valence-corrected chi connectivity index (χ3v) is 3.91. The van der Waals surface area contributed by atoms with Gasteiger partial charge in [0.15, 0.2) is 5.09 Å². The predicted molar refractivity (Wildman–Crippen MR) is 84.1 cm³/mol. The summed E-state index contributed by atoms with van der Waals surface area (Å²) in [4.78, 5) is 11.4. The maximum atomic E-state index is 11.4. The van der Waals surface area contributed by atoms with Crippen LogP contribution in [0.2, 0.25) is 0 Å². The molecule has 2 heterocycles. The molecule has 7 heteroatoms. The highest BCUT2D eigenvalue weighted by atomic mass is 32.2. The minimum atomic E-state index is -0.988. The number of aromatic nitrogens is 1. The van der Waals surface area contributed by atoms with Crippen molar-refractivity contribution in [3.63, 3.8) is 0 Å². The van der Waals surface area contributed by atoms with Crippen LogP contribution in [-0.4, -0.2) is 22.8 Å². The number of carboxylic acids is 1. The third-order valence-electron chi connectivity index (χ3n) is 3.15. The second-order valence-corrected chi connectivity index (χ2v) is 5.37. The summed E-state index contributed by atoms with van der Waals surface area (Å²) in [6.45, 7) is 0.162. The van der Waals surface area contributed by atoms with Gasteiger partial charge in [-0.2, -0.15) is 0 Å². The van der Waals surface area contributed by atoms with Crippen LogP contribution >= 0.6 is 11.9 Å². The number of para-hydroxylation sites is 1. The van der Waals surface area contributed by atoms with Gasteiger partial charge in [-0.1, -0.05) is 12.1 Å². The number of rotatable bonds is 6. The lowest BCUT2D eigenvalue weighted by molar-refractivity contribution is 0.0664. The minimum absolute atomic E-state index is 0.162. The van der Waals surface area contributed by atoms with Gasteiger partial charge in [0, 0.05) is 24.4 Å². The second-order valence-electron chi connectivity index (χ2n) is 4.56. The van der Waals surface area contributed by atoms with E-state index in [1.807, 2.05) is 24.3 Å². The average molecular weight is 318 g/mol. The van der Waals surface area contributed by atoms with Gasteiger partial charge in [-0.05, 0) is 24.3 Å². The molecule has 6 nitrogen and oxygen atoms in total. The molecule has 0 fully saturated rings. The van der Waals surface area contributed by atoms with Crippen molar-refractivity contribution in [1.82, 2.24) is 4.57 Å². The zero-order valence-electron chi connectivity index (χ0n) is 11.8. The van der Waals surface area contributed by atoms with E-state index in [1.54, 1.807) is 23.0 Å². The van der Waals surface area contributed by atoms with Crippen LogP contribution in [0.3, 0.4) is 0 Å². The molecule has 0 unspecified atom stereocenters. The molecule has 0 aliphatic carbocycles. The Morgan fingerprint density at radius 1 is 1.41 bits per heavy atom. The number of aromatic carboxylic acids is 1. The molecule has 22 heavy (non-hydrogen) atoms. The largest absolute Gasteiger partial charge is 0.477 e. The van der Waals surface area contributed by atoms with Crippen LogP contribution in [0, 0.1) is 0 Å². The van der Waals surface area contributed by atoms with Gasteiger partial charge in [-0.3, -0.25) is 0 Å². The van der Waals surface area contributed by atoms with Gasteiger partial charge in [-0.15, -0.1) is 0 Å². The Morgan fingerprint density at radius 2 is 2.27 bits per heavy atom. The molecule has 0 bridgehead atoms. The monoisotopic (exact) mass is 318 g/mol. The van der Waals surface area contributed by atoms with Gasteiger partial charge in [0.1, 0.15) is 12.4 Å². The van der Waals surface area contributed by atoms with E-state index in [4.69, 9.17) is 9.15 Å². The number of methoxy groups -OCH3 is 1. The summed E-state index contributed by atoms with van der Waals surface area (Å²) in [5.41, 5.74) is 1.76. The van der Waals surface area contributed by atoms with Crippen molar-refractivity contribution < 1.29 is 19.1 Å². The normalized spacial score (nSPS) is 11.0. The van der Waals surface area contributed by atoms with Crippen LogP contribution in [0.1, 0.15) is 10.5 Å². The van der Waals surface area contributed by atoms with Crippen molar-refractivity contribution in [2.24, 2.45) is 0 Å². The lowest BCUT2D eigenvalue weighted by atomic mass is 10.2. The standard InChI is InChI=1S/C15H14N2O4S/c1-20-9-17-12(15(18)19)8-10-4-2-5-11(14(10)17)16-22-13-6-3-7-21-13/h2-8,16H,9H2,1H3,(H,18,19). The number of anilines is 1. The number of hydrogen-bond acceptors (Lipinski definition) is 5. The highest BCUT2D eigenvalue weighted by Gasteiger charge is 2.17. The topological polar surface area (TPSA) is 76.6 Å². The van der Waals surface area contributed by atoms with E-state index < -0.39 is 5.97 Å². The zero-order chi connectivity index (χ0) is 15.5. The molecule has 0 aliphatic rings. The summed E-state index contributed by atoms with van der Waals surface area (Å²) in [5.74, 6) is -0.988. The maximum Gasteiger partial charge on any atom is 0.352 e. The first kappa shape index (κ1) is 14.6. The van der Waals surface area contributed by atoms with Gasteiger partial charge in [-0.25, -0.2) is 4.79 Å². The lowest BCUT2D eigenvalue weighted by Gasteiger charge is -2.11. The fourth-order valence-corrected chi connectivity index (χ4v) is 2.90. The van der Waals surface area contributed by atoms with Crippen LogP contribution in [-0.2, 0) is 11.5 Å². The number of nitrogens with one attached hydrogen (secondary N) is 1. The lowest BCUT2D eigenvalue weighted by Crippen LogP contribution is -2.10. The van der Waals surface area contributed by atoms with E-state index in [9.17, 15) is 9.90 Å². The quantitative estimate of drug-likeness (QED) is 0.676. The SMILES string of the molecule is COCn1c(C(=O)O)cc2cccc(NSc3ccco3)c21. The highest BCUT2D eigenvalue weighted by Crippen LogP contribution is 2.31. The molecular weight excluding hydrogens is 304 g/mol. The van der Waals surface area contributed by atoms with E-state index in [2.05, 4.69) is 4.72 Å². The van der Waals surface area contributed by atoms with E-state index >= 15 is 0 Å². The smallest absolute Gasteiger partial charge is 0.352 e. The molecule has 114 valence electrons. The molecular formula is C15H14N2O4S. The van der Waals surface area contributed by atoms with Crippen LogP contribution in [0.5, 0.6) is 0 Å². The Morgan fingerprint density at radius 3 is 2.95 bits per heavy atom. The molecule has 1 aromatic carbocycles. The molecule has 0 spiro atoms. The summed E-state index contributed by atoms with van der Waals surface area (Å²) in [7, 11) is 1.53. The highest BCUT2D eigenvalue weighted by molar-refractivity contribution is 8.00. The minimum Gasteiger partial charge on any atom is -0.477 e. The summed E-state index contributed by atoms with van der Waals surface area (Å²) < 4.78 is 15.2. The maximum absolute atomic E-state index is 11.4. The summed E-state index contributed by atoms with van der Waals surface area (Å²) >= 11 is 1.32. The Hall–Kier alpha value is -2.38. The van der Waals surface area contributed by atoms with Crippen LogP contribution in [0.15, 0.2) is 52.2 Å². The van der Waals surface area contributed by atoms with E-state index in [0.29, 0.717) is 0 Å². The van der Waals surface area contributed by atoms with Crippen molar-refractivity contribution in [2.75, 3.05) is 11.8 Å². The number of carbonyl (C=O) groups is 1. The van der Waals surface area contributed by atoms with Gasteiger partial charge < -0.3 is 23.5 Å². The van der Waals surface area contributed by atoms with E-state index in [0.717, 1.165) is 21.7 Å². The molecule has 2 N–H and O–H groups in total. The fourth-order valence-electron chi connectivity index (χ4n) is 2.27. The fraction of sp³-hybridized carbons (Fsp3) is 0.133. The van der Waals surface area contributed by atoms with Gasteiger partial charge in [0.2, 0.25) is 0 Å². The number of ether oxygens (including phenoxy) is 1. The number of furan rings is 1. The Labute approximate surface area is 130 Å². The number of fused-ring (bicyclic) bond motifs is 1. The molecule has 0 amide bonds. The first-order chi connectivity index (χ1) is 10.7. The van der Waals surface area contributed by atoms with Crippen LogP contribution in [0.4, 0.5) is 5.69 Å². The van der Waals surface area contributed by atoms with Gasteiger partial charge >= 0.3 is 5.97 Å². The van der Waals surface area contributed by atoms with Crippen molar-refractivity contribution in [2.45, 2.75) is 11.8 Å².